The third-order valence-corrected chi connectivity index (χ3v) is 8.27. The molecule has 0 unspecified atom stereocenters. The molecule has 30 heavy (non-hydrogen) atoms. The van der Waals surface area contributed by atoms with E-state index in [9.17, 15) is 8.42 Å². The first kappa shape index (κ1) is 19.6. The number of pyridine rings is 1. The summed E-state index contributed by atoms with van der Waals surface area (Å²) in [6.45, 7) is 6.27. The summed E-state index contributed by atoms with van der Waals surface area (Å²) in [5, 5.41) is 0. The highest BCUT2D eigenvalue weighted by atomic mass is 32.2. The van der Waals surface area contributed by atoms with Gasteiger partial charge in [-0.3, -0.25) is 4.90 Å². The molecule has 9 heteroatoms. The lowest BCUT2D eigenvalue weighted by Gasteiger charge is -2.34. The van der Waals surface area contributed by atoms with E-state index < -0.39 is 10.0 Å². The standard InChI is InChI=1S/C21H26N4O4S/c1-14(2)25-17-12-24(10-15-6-7-18-19(9-15)29-13-28-18)11-16(17)23(3)21-20(30(25,26)27)5-4-8-22-21/h4-9,14,16-17H,10-13H2,1-3H3/t16-,17+/m0/s1. The van der Waals surface area contributed by atoms with E-state index in [-0.39, 0.29) is 29.8 Å². The van der Waals surface area contributed by atoms with Crippen LogP contribution >= 0.6 is 0 Å². The van der Waals surface area contributed by atoms with Crippen LogP contribution in [-0.4, -0.2) is 67.7 Å². The molecule has 4 heterocycles. The predicted octanol–water partition coefficient (Wildman–Crippen LogP) is 1.91. The molecule has 2 aromatic rings. The minimum atomic E-state index is -3.64. The zero-order valence-corrected chi connectivity index (χ0v) is 18.2. The van der Waals surface area contributed by atoms with Crippen LogP contribution in [0.2, 0.25) is 0 Å². The zero-order chi connectivity index (χ0) is 21.0. The first-order valence-electron chi connectivity index (χ1n) is 10.2. The minimum Gasteiger partial charge on any atom is -0.454 e. The Morgan fingerprint density at radius 2 is 1.90 bits per heavy atom. The molecule has 2 atom stereocenters. The predicted molar refractivity (Wildman–Crippen MR) is 112 cm³/mol. The Hall–Kier alpha value is -2.36. The molecule has 3 aliphatic heterocycles. The first-order chi connectivity index (χ1) is 14.4. The molecule has 0 radical (unpaired) electrons. The molecule has 160 valence electrons. The van der Waals surface area contributed by atoms with Gasteiger partial charge in [-0.1, -0.05) is 6.07 Å². The van der Waals surface area contributed by atoms with Crippen LogP contribution in [-0.2, 0) is 16.6 Å². The van der Waals surface area contributed by atoms with Crippen LogP contribution in [0.3, 0.4) is 0 Å². The highest BCUT2D eigenvalue weighted by molar-refractivity contribution is 7.89. The van der Waals surface area contributed by atoms with Crippen molar-refractivity contribution in [2.24, 2.45) is 0 Å². The molecule has 1 aromatic heterocycles. The number of rotatable bonds is 3. The number of benzene rings is 1. The molecule has 0 aliphatic carbocycles. The van der Waals surface area contributed by atoms with Gasteiger partial charge in [-0.2, -0.15) is 4.31 Å². The molecule has 5 rings (SSSR count). The van der Waals surface area contributed by atoms with Gasteiger partial charge in [0.05, 0.1) is 12.1 Å². The SMILES string of the molecule is CC(C)N1[C@@H]2CN(Cc3ccc4c(c3)OCO4)C[C@@H]2N(C)c2ncccc2S1(=O)=O. The van der Waals surface area contributed by atoms with E-state index in [1.807, 2.05) is 44.0 Å². The van der Waals surface area contributed by atoms with Gasteiger partial charge in [0.2, 0.25) is 16.8 Å². The molecule has 1 fully saturated rings. The van der Waals surface area contributed by atoms with Crippen molar-refractivity contribution >= 4 is 15.8 Å². The average Bonchev–Trinajstić information content (AvgIpc) is 3.32. The maximum Gasteiger partial charge on any atom is 0.247 e. The number of nitrogens with zero attached hydrogens (tertiary/aromatic N) is 4. The molecule has 0 spiro atoms. The Kier molecular flexibility index (Phi) is 4.64. The summed E-state index contributed by atoms with van der Waals surface area (Å²) >= 11 is 0. The Morgan fingerprint density at radius 3 is 2.70 bits per heavy atom. The monoisotopic (exact) mass is 430 g/mol. The quantitative estimate of drug-likeness (QED) is 0.736. The van der Waals surface area contributed by atoms with Crippen LogP contribution in [0, 0.1) is 0 Å². The van der Waals surface area contributed by atoms with Crippen molar-refractivity contribution in [3.63, 3.8) is 0 Å². The minimum absolute atomic E-state index is 0.0207. The number of anilines is 1. The van der Waals surface area contributed by atoms with Crippen molar-refractivity contribution in [2.45, 2.75) is 43.4 Å². The lowest BCUT2D eigenvalue weighted by Crippen LogP contribution is -2.52. The number of hydrogen-bond acceptors (Lipinski definition) is 7. The summed E-state index contributed by atoms with van der Waals surface area (Å²) in [4.78, 5) is 9.07. The van der Waals surface area contributed by atoms with E-state index in [1.165, 1.54) is 0 Å². The van der Waals surface area contributed by atoms with Crippen molar-refractivity contribution in [3.05, 3.63) is 42.1 Å². The fourth-order valence-electron chi connectivity index (χ4n) is 4.86. The van der Waals surface area contributed by atoms with Crippen LogP contribution in [0.15, 0.2) is 41.4 Å². The van der Waals surface area contributed by atoms with Crippen LogP contribution in [0.4, 0.5) is 5.82 Å². The summed E-state index contributed by atoms with van der Waals surface area (Å²) in [6, 6.07) is 9.06. The number of sulfonamides is 1. The van der Waals surface area contributed by atoms with Crippen LogP contribution in [0.25, 0.3) is 0 Å². The third kappa shape index (κ3) is 3.03. The summed E-state index contributed by atoms with van der Waals surface area (Å²) < 4.78 is 39.7. The molecule has 0 N–H and O–H groups in total. The summed E-state index contributed by atoms with van der Waals surface area (Å²) in [7, 11) is -1.69. The van der Waals surface area contributed by atoms with Gasteiger partial charge >= 0.3 is 0 Å². The average molecular weight is 431 g/mol. The summed E-state index contributed by atoms with van der Waals surface area (Å²) in [5.74, 6) is 2.06. The van der Waals surface area contributed by atoms with Gasteiger partial charge in [0.25, 0.3) is 0 Å². The molecular weight excluding hydrogens is 404 g/mol. The van der Waals surface area contributed by atoms with E-state index >= 15 is 0 Å². The number of likely N-dealkylation sites (tertiary alicyclic amines) is 1. The van der Waals surface area contributed by atoms with Crippen LogP contribution < -0.4 is 14.4 Å². The molecule has 3 aliphatic rings. The number of hydrogen-bond donors (Lipinski definition) is 0. The fourth-order valence-corrected chi connectivity index (χ4v) is 6.89. The van der Waals surface area contributed by atoms with E-state index in [4.69, 9.17) is 9.47 Å². The second-order valence-electron chi connectivity index (χ2n) is 8.38. The van der Waals surface area contributed by atoms with Crippen molar-refractivity contribution in [1.29, 1.82) is 0 Å². The van der Waals surface area contributed by atoms with Gasteiger partial charge < -0.3 is 14.4 Å². The van der Waals surface area contributed by atoms with Crippen molar-refractivity contribution in [2.75, 3.05) is 31.8 Å². The fraction of sp³-hybridized carbons (Fsp3) is 0.476. The summed E-state index contributed by atoms with van der Waals surface area (Å²) in [5.41, 5.74) is 1.12. The smallest absolute Gasteiger partial charge is 0.247 e. The number of ether oxygens (including phenoxy) is 2. The maximum absolute atomic E-state index is 13.6. The second kappa shape index (κ2) is 7.11. The first-order valence-corrected chi connectivity index (χ1v) is 11.6. The van der Waals surface area contributed by atoms with Gasteiger partial charge in [0.15, 0.2) is 11.5 Å². The van der Waals surface area contributed by atoms with Crippen molar-refractivity contribution in [1.82, 2.24) is 14.2 Å². The van der Waals surface area contributed by atoms with E-state index in [2.05, 4.69) is 9.88 Å². The topological polar surface area (TPSA) is 75.2 Å². The normalized spacial score (nSPS) is 25.3. The number of aromatic nitrogens is 1. The maximum atomic E-state index is 13.6. The molecule has 0 bridgehead atoms. The van der Waals surface area contributed by atoms with Gasteiger partial charge in [-0.15, -0.1) is 0 Å². The summed E-state index contributed by atoms with van der Waals surface area (Å²) in [6.07, 6.45) is 1.66. The molecule has 0 saturated carbocycles. The molecule has 8 nitrogen and oxygen atoms in total. The Labute approximate surface area is 177 Å². The van der Waals surface area contributed by atoms with E-state index in [1.54, 1.807) is 22.6 Å². The highest BCUT2D eigenvalue weighted by Crippen LogP contribution is 2.38. The van der Waals surface area contributed by atoms with Crippen molar-refractivity contribution < 1.29 is 17.9 Å². The van der Waals surface area contributed by atoms with Crippen molar-refractivity contribution in [3.8, 4) is 11.5 Å². The van der Waals surface area contributed by atoms with Crippen LogP contribution in [0.5, 0.6) is 11.5 Å². The van der Waals surface area contributed by atoms with Gasteiger partial charge in [-0.25, -0.2) is 13.4 Å². The lowest BCUT2D eigenvalue weighted by molar-refractivity contribution is 0.174. The number of likely N-dealkylation sites (N-methyl/N-ethyl adjacent to an activating group) is 1. The zero-order valence-electron chi connectivity index (χ0n) is 17.4. The van der Waals surface area contributed by atoms with Gasteiger partial charge in [0, 0.05) is 38.9 Å². The molecular formula is C21H26N4O4S. The molecule has 1 aromatic carbocycles. The Balaban J connectivity index is 1.48. The lowest BCUT2D eigenvalue weighted by atomic mass is 10.1. The Bertz CT molecular complexity index is 1070. The van der Waals surface area contributed by atoms with E-state index in [0.29, 0.717) is 12.4 Å². The van der Waals surface area contributed by atoms with Gasteiger partial charge in [0.1, 0.15) is 10.7 Å². The van der Waals surface area contributed by atoms with E-state index in [0.717, 1.165) is 30.2 Å². The van der Waals surface area contributed by atoms with Gasteiger partial charge in [-0.05, 0) is 43.7 Å². The second-order valence-corrected chi connectivity index (χ2v) is 10.2. The number of fused-ring (bicyclic) bond motifs is 3. The highest BCUT2D eigenvalue weighted by Gasteiger charge is 2.49. The largest absolute Gasteiger partial charge is 0.454 e. The third-order valence-electron chi connectivity index (χ3n) is 6.15. The van der Waals surface area contributed by atoms with Crippen LogP contribution in [0.1, 0.15) is 19.4 Å². The molecule has 0 amide bonds. The molecule has 1 saturated heterocycles. The Morgan fingerprint density at radius 1 is 1.13 bits per heavy atom.